The van der Waals surface area contributed by atoms with E-state index in [2.05, 4.69) is 5.16 Å². The van der Waals surface area contributed by atoms with Crippen LogP contribution in [0.3, 0.4) is 0 Å². The number of fused-ring (bicyclic) bond motifs is 9. The zero-order chi connectivity index (χ0) is 21.6. The van der Waals surface area contributed by atoms with Crippen molar-refractivity contribution < 1.29 is 14.4 Å². The molecule has 2 aliphatic heterocycles. The van der Waals surface area contributed by atoms with E-state index >= 15 is 0 Å². The first kappa shape index (κ1) is 18.4. The number of nitrogens with zero attached hydrogens (tertiary/aromatic N) is 2. The van der Waals surface area contributed by atoms with Gasteiger partial charge in [-0.2, -0.15) is 0 Å². The molecule has 4 aliphatic rings. The maximum Gasteiger partial charge on any atom is 0.238 e. The number of carbonyl (C=O) groups excluding carboxylic acids is 2. The summed E-state index contributed by atoms with van der Waals surface area (Å²) in [7, 11) is 0. The van der Waals surface area contributed by atoms with E-state index in [1.807, 2.05) is 66.7 Å². The molecule has 158 valence electrons. The third kappa shape index (κ3) is 2.27. The molecule has 5 nitrogen and oxygen atoms in total. The number of hydrogen-bond acceptors (Lipinski definition) is 4. The number of amides is 2. The third-order valence-corrected chi connectivity index (χ3v) is 8.16. The van der Waals surface area contributed by atoms with Crippen molar-refractivity contribution in [2.45, 2.75) is 12.5 Å². The fourth-order valence-corrected chi connectivity index (χ4v) is 6.82. The van der Waals surface area contributed by atoms with Gasteiger partial charge in [-0.15, -0.1) is 0 Å². The first-order valence-corrected chi connectivity index (χ1v) is 11.4. The summed E-state index contributed by atoms with van der Waals surface area (Å²) in [6, 6.07) is 21.3. The van der Waals surface area contributed by atoms with Crippen LogP contribution in [0.2, 0.25) is 5.02 Å². The Morgan fingerprint density at radius 1 is 0.844 bits per heavy atom. The van der Waals surface area contributed by atoms with Crippen LogP contribution >= 0.6 is 11.6 Å². The Morgan fingerprint density at radius 3 is 2.38 bits per heavy atom. The van der Waals surface area contributed by atoms with Crippen molar-refractivity contribution in [2.75, 3.05) is 4.90 Å². The molecule has 6 atom stereocenters. The van der Waals surface area contributed by atoms with Crippen molar-refractivity contribution in [1.29, 1.82) is 0 Å². The molecular formula is C26H19ClN2O3. The van der Waals surface area contributed by atoms with Gasteiger partial charge >= 0.3 is 0 Å². The van der Waals surface area contributed by atoms with E-state index < -0.39 is 0 Å². The van der Waals surface area contributed by atoms with Crippen LogP contribution in [0.4, 0.5) is 5.69 Å². The number of benzene rings is 3. The molecule has 3 fully saturated rings. The zero-order valence-corrected chi connectivity index (χ0v) is 17.8. The van der Waals surface area contributed by atoms with Gasteiger partial charge in [0.2, 0.25) is 11.8 Å². The number of anilines is 1. The lowest BCUT2D eigenvalue weighted by molar-refractivity contribution is -0.125. The second-order valence-electron chi connectivity index (χ2n) is 9.21. The fraction of sp³-hybridized carbons (Fsp3) is 0.269. The summed E-state index contributed by atoms with van der Waals surface area (Å²) in [5.41, 5.74) is 2.32. The molecule has 2 bridgehead atoms. The lowest BCUT2D eigenvalue weighted by Crippen LogP contribution is -2.41. The Kier molecular flexibility index (Phi) is 3.69. The average molecular weight is 443 g/mol. The minimum atomic E-state index is -0.332. The van der Waals surface area contributed by atoms with Gasteiger partial charge in [-0.3, -0.25) is 14.5 Å². The van der Waals surface area contributed by atoms with Gasteiger partial charge in [0.25, 0.3) is 0 Å². The molecule has 6 heteroatoms. The molecule has 2 aliphatic carbocycles. The Labute approximate surface area is 189 Å². The van der Waals surface area contributed by atoms with Crippen molar-refractivity contribution >= 4 is 45.6 Å². The SMILES string of the molecule is O=C1C2C3CC(C4C(c5ccccc5Cl)=NOC34)C2C(=O)N1c1ccc2ccccc2c1. The van der Waals surface area contributed by atoms with Crippen molar-refractivity contribution in [3.8, 4) is 0 Å². The Morgan fingerprint density at radius 2 is 1.56 bits per heavy atom. The highest BCUT2D eigenvalue weighted by molar-refractivity contribution is 6.34. The topological polar surface area (TPSA) is 59.0 Å². The Bertz CT molecular complexity index is 1350. The minimum absolute atomic E-state index is 0.000596. The number of rotatable bonds is 2. The quantitative estimate of drug-likeness (QED) is 0.542. The molecule has 32 heavy (non-hydrogen) atoms. The molecule has 3 aromatic carbocycles. The van der Waals surface area contributed by atoms with E-state index in [0.717, 1.165) is 28.5 Å². The molecule has 2 amide bonds. The summed E-state index contributed by atoms with van der Waals surface area (Å²) in [4.78, 5) is 34.4. The van der Waals surface area contributed by atoms with Crippen LogP contribution in [0, 0.1) is 29.6 Å². The van der Waals surface area contributed by atoms with Gasteiger partial charge in [-0.05, 0) is 41.3 Å². The second-order valence-corrected chi connectivity index (χ2v) is 9.62. The van der Waals surface area contributed by atoms with E-state index in [1.54, 1.807) is 0 Å². The average Bonchev–Trinajstić information content (AvgIpc) is 3.54. The summed E-state index contributed by atoms with van der Waals surface area (Å²) in [6.45, 7) is 0. The van der Waals surface area contributed by atoms with Gasteiger partial charge in [0.05, 0.1) is 23.2 Å². The fourth-order valence-electron chi connectivity index (χ4n) is 6.59. The molecular weight excluding hydrogens is 424 g/mol. The molecule has 0 spiro atoms. The molecule has 6 unspecified atom stereocenters. The third-order valence-electron chi connectivity index (χ3n) is 7.83. The van der Waals surface area contributed by atoms with Gasteiger partial charge in [-0.25, -0.2) is 0 Å². The highest BCUT2D eigenvalue weighted by Gasteiger charge is 2.70. The molecule has 2 heterocycles. The molecule has 2 saturated carbocycles. The van der Waals surface area contributed by atoms with E-state index in [1.165, 1.54) is 4.90 Å². The predicted octanol–water partition coefficient (Wildman–Crippen LogP) is 4.67. The van der Waals surface area contributed by atoms with Crippen LogP contribution in [0.1, 0.15) is 12.0 Å². The van der Waals surface area contributed by atoms with Crippen molar-refractivity contribution in [1.82, 2.24) is 0 Å². The monoisotopic (exact) mass is 442 g/mol. The van der Waals surface area contributed by atoms with Gasteiger partial charge in [0.1, 0.15) is 6.10 Å². The standard InChI is InChI=1S/C26H19ClN2O3/c27-19-8-4-3-7-16(19)23-22-17-12-18(24(22)32-28-23)21-20(17)25(30)29(26(21)31)15-10-9-13-5-1-2-6-14(13)11-15/h1-11,17-18,20-22,24H,12H2. The largest absolute Gasteiger partial charge is 0.391 e. The van der Waals surface area contributed by atoms with E-state index in [4.69, 9.17) is 16.4 Å². The Hall–Kier alpha value is -3.18. The highest BCUT2D eigenvalue weighted by atomic mass is 35.5. The van der Waals surface area contributed by atoms with Gasteiger partial charge in [0.15, 0.2) is 0 Å². The first-order chi connectivity index (χ1) is 15.6. The van der Waals surface area contributed by atoms with Crippen LogP contribution in [0.25, 0.3) is 10.8 Å². The summed E-state index contributed by atoms with van der Waals surface area (Å²) in [6.07, 6.45) is 0.651. The molecule has 0 radical (unpaired) electrons. The lowest BCUT2D eigenvalue weighted by atomic mass is 9.71. The summed E-state index contributed by atoms with van der Waals surface area (Å²) < 4.78 is 0. The summed E-state index contributed by atoms with van der Waals surface area (Å²) >= 11 is 6.45. The number of halogens is 1. The normalized spacial score (nSPS) is 32.3. The van der Waals surface area contributed by atoms with Crippen LogP contribution < -0.4 is 4.90 Å². The zero-order valence-electron chi connectivity index (χ0n) is 17.0. The van der Waals surface area contributed by atoms with Crippen LogP contribution in [0.5, 0.6) is 0 Å². The molecule has 1 saturated heterocycles. The molecule has 0 aromatic heterocycles. The molecule has 3 aromatic rings. The van der Waals surface area contributed by atoms with E-state index in [9.17, 15) is 9.59 Å². The second kappa shape index (κ2) is 6.42. The number of carbonyl (C=O) groups is 2. The predicted molar refractivity (Wildman–Crippen MR) is 121 cm³/mol. The highest BCUT2D eigenvalue weighted by Crippen LogP contribution is 2.62. The van der Waals surface area contributed by atoms with Crippen LogP contribution in [-0.2, 0) is 14.4 Å². The Balaban J connectivity index is 1.26. The van der Waals surface area contributed by atoms with Crippen molar-refractivity contribution in [3.63, 3.8) is 0 Å². The molecule has 0 N–H and O–H groups in total. The van der Waals surface area contributed by atoms with E-state index in [-0.39, 0.29) is 47.5 Å². The minimum Gasteiger partial charge on any atom is -0.391 e. The van der Waals surface area contributed by atoms with Crippen molar-refractivity contribution in [3.05, 3.63) is 77.3 Å². The maximum absolute atomic E-state index is 13.6. The van der Waals surface area contributed by atoms with E-state index in [0.29, 0.717) is 10.7 Å². The maximum atomic E-state index is 13.6. The van der Waals surface area contributed by atoms with Gasteiger partial charge in [0, 0.05) is 22.4 Å². The number of hydrogen-bond donors (Lipinski definition) is 0. The number of oxime groups is 1. The number of imide groups is 1. The van der Waals surface area contributed by atoms with Crippen LogP contribution in [-0.4, -0.2) is 23.6 Å². The van der Waals surface area contributed by atoms with Crippen molar-refractivity contribution in [2.24, 2.45) is 34.7 Å². The first-order valence-electron chi connectivity index (χ1n) is 11.0. The van der Waals surface area contributed by atoms with Gasteiger partial charge < -0.3 is 4.84 Å². The summed E-state index contributed by atoms with van der Waals surface area (Å²) in [5, 5.41) is 7.10. The smallest absolute Gasteiger partial charge is 0.238 e. The van der Waals surface area contributed by atoms with Crippen LogP contribution in [0.15, 0.2) is 71.9 Å². The summed E-state index contributed by atoms with van der Waals surface area (Å²) in [5.74, 6) is -0.817. The molecule has 7 rings (SSSR count). The van der Waals surface area contributed by atoms with Gasteiger partial charge in [-0.1, -0.05) is 65.3 Å². The lowest BCUT2D eigenvalue weighted by Gasteiger charge is -2.30.